The van der Waals surface area contributed by atoms with Gasteiger partial charge in [0, 0.05) is 6.54 Å². The minimum absolute atomic E-state index is 0.517. The fourth-order valence-corrected chi connectivity index (χ4v) is 2.43. The van der Waals surface area contributed by atoms with E-state index in [4.69, 9.17) is 11.0 Å². The first kappa shape index (κ1) is 11.1. The summed E-state index contributed by atoms with van der Waals surface area (Å²) in [7, 11) is 0. The zero-order chi connectivity index (χ0) is 12.5. The molecule has 1 aliphatic carbocycles. The number of nitrogen functional groups attached to an aromatic ring is 1. The topological polar surface area (TPSA) is 67.6 Å². The van der Waals surface area contributed by atoms with Crippen molar-refractivity contribution in [2.75, 3.05) is 5.73 Å². The van der Waals surface area contributed by atoms with E-state index >= 15 is 0 Å². The van der Waals surface area contributed by atoms with Crippen LogP contribution in [-0.2, 0) is 6.54 Å². The Bertz CT molecular complexity index is 616. The van der Waals surface area contributed by atoms with Crippen LogP contribution in [0.25, 0.3) is 11.0 Å². The van der Waals surface area contributed by atoms with Crippen LogP contribution in [0.15, 0.2) is 18.2 Å². The molecule has 1 fully saturated rings. The van der Waals surface area contributed by atoms with Crippen molar-refractivity contribution < 1.29 is 0 Å². The molecular weight excluding hydrogens is 224 g/mol. The average Bonchev–Trinajstić information content (AvgIpc) is 3.14. The Morgan fingerprint density at radius 2 is 2.28 bits per heavy atom. The summed E-state index contributed by atoms with van der Waals surface area (Å²) >= 11 is 0. The van der Waals surface area contributed by atoms with Crippen molar-refractivity contribution in [2.45, 2.75) is 32.2 Å². The molecule has 1 saturated carbocycles. The lowest BCUT2D eigenvalue weighted by Crippen LogP contribution is -2.03. The summed E-state index contributed by atoms with van der Waals surface area (Å²) in [6.45, 7) is 0.897. The van der Waals surface area contributed by atoms with Crippen LogP contribution in [0.2, 0.25) is 0 Å². The standard InChI is InChI=1S/C14H16N4/c15-9-11-4-1-5-12-13(11)17-14(16)18(12)8-2-3-10-6-7-10/h1,4-5,10H,2-3,6-8H2,(H2,16,17). The third-order valence-corrected chi connectivity index (χ3v) is 3.62. The second kappa shape index (κ2) is 4.34. The van der Waals surface area contributed by atoms with Crippen LogP contribution in [0.1, 0.15) is 31.2 Å². The van der Waals surface area contributed by atoms with E-state index < -0.39 is 0 Å². The molecule has 0 aliphatic heterocycles. The number of imidazole rings is 1. The number of rotatable bonds is 4. The number of nitrogens with two attached hydrogens (primary N) is 1. The molecule has 0 atom stereocenters. The number of nitriles is 1. The molecule has 0 amide bonds. The summed E-state index contributed by atoms with van der Waals surface area (Å²) in [6, 6.07) is 7.82. The van der Waals surface area contributed by atoms with Crippen LogP contribution in [0.4, 0.5) is 5.95 Å². The van der Waals surface area contributed by atoms with E-state index in [2.05, 4.69) is 11.1 Å². The van der Waals surface area contributed by atoms with Gasteiger partial charge in [0.1, 0.15) is 11.6 Å². The Hall–Kier alpha value is -2.02. The Labute approximate surface area is 106 Å². The third-order valence-electron chi connectivity index (χ3n) is 3.62. The highest BCUT2D eigenvalue weighted by atomic mass is 15.1. The lowest BCUT2D eigenvalue weighted by Gasteiger charge is -2.05. The van der Waals surface area contributed by atoms with Crippen molar-refractivity contribution >= 4 is 17.0 Å². The fraction of sp³-hybridized carbons (Fsp3) is 0.429. The van der Waals surface area contributed by atoms with Crippen LogP contribution >= 0.6 is 0 Å². The molecule has 2 N–H and O–H groups in total. The van der Waals surface area contributed by atoms with Gasteiger partial charge in [0.2, 0.25) is 5.95 Å². The Morgan fingerprint density at radius 3 is 3.00 bits per heavy atom. The number of hydrogen-bond donors (Lipinski definition) is 1. The first-order valence-corrected chi connectivity index (χ1v) is 6.44. The van der Waals surface area contributed by atoms with Gasteiger partial charge in [-0.2, -0.15) is 5.26 Å². The third kappa shape index (κ3) is 1.92. The van der Waals surface area contributed by atoms with E-state index in [-0.39, 0.29) is 0 Å². The van der Waals surface area contributed by atoms with Crippen molar-refractivity contribution in [2.24, 2.45) is 5.92 Å². The molecule has 4 nitrogen and oxygen atoms in total. The molecule has 1 aromatic heterocycles. The molecule has 92 valence electrons. The molecule has 18 heavy (non-hydrogen) atoms. The van der Waals surface area contributed by atoms with Gasteiger partial charge in [-0.3, -0.25) is 0 Å². The smallest absolute Gasteiger partial charge is 0.201 e. The van der Waals surface area contributed by atoms with E-state index in [1.165, 1.54) is 19.3 Å². The van der Waals surface area contributed by atoms with Crippen LogP contribution in [0.5, 0.6) is 0 Å². The highest BCUT2D eigenvalue weighted by molar-refractivity contribution is 5.83. The maximum absolute atomic E-state index is 9.05. The Balaban J connectivity index is 1.90. The molecule has 1 aliphatic rings. The van der Waals surface area contributed by atoms with Crippen molar-refractivity contribution in [1.29, 1.82) is 5.26 Å². The number of benzene rings is 1. The van der Waals surface area contributed by atoms with Gasteiger partial charge in [0.15, 0.2) is 0 Å². The summed E-state index contributed by atoms with van der Waals surface area (Å²) in [5.74, 6) is 1.46. The quantitative estimate of drug-likeness (QED) is 0.893. The zero-order valence-electron chi connectivity index (χ0n) is 10.3. The Morgan fingerprint density at radius 1 is 1.44 bits per heavy atom. The number of anilines is 1. The van der Waals surface area contributed by atoms with Crippen LogP contribution < -0.4 is 5.73 Å². The summed E-state index contributed by atoms with van der Waals surface area (Å²) in [6.07, 6.45) is 5.19. The van der Waals surface area contributed by atoms with Gasteiger partial charge in [-0.05, 0) is 30.9 Å². The molecule has 1 aromatic carbocycles. The van der Waals surface area contributed by atoms with Gasteiger partial charge in [-0.15, -0.1) is 0 Å². The SMILES string of the molecule is N#Cc1cccc2c1nc(N)n2CCCC1CC1. The second-order valence-electron chi connectivity index (χ2n) is 4.99. The van der Waals surface area contributed by atoms with Gasteiger partial charge in [-0.25, -0.2) is 4.98 Å². The monoisotopic (exact) mass is 240 g/mol. The lowest BCUT2D eigenvalue weighted by atomic mass is 10.2. The van der Waals surface area contributed by atoms with Gasteiger partial charge >= 0.3 is 0 Å². The molecule has 2 aromatic rings. The summed E-state index contributed by atoms with van der Waals surface area (Å²) in [5.41, 5.74) is 8.25. The van der Waals surface area contributed by atoms with Crippen LogP contribution in [-0.4, -0.2) is 9.55 Å². The predicted octanol–water partition coefficient (Wildman–Crippen LogP) is 2.68. The molecular formula is C14H16N4. The average molecular weight is 240 g/mol. The Kier molecular flexibility index (Phi) is 2.67. The van der Waals surface area contributed by atoms with Gasteiger partial charge in [-0.1, -0.05) is 18.9 Å². The second-order valence-corrected chi connectivity index (χ2v) is 4.99. The highest BCUT2D eigenvalue weighted by Crippen LogP contribution is 2.34. The first-order chi connectivity index (χ1) is 8.79. The van der Waals surface area contributed by atoms with E-state index in [0.717, 1.165) is 29.9 Å². The first-order valence-electron chi connectivity index (χ1n) is 6.44. The normalized spacial score (nSPS) is 14.8. The molecule has 4 heteroatoms. The molecule has 3 rings (SSSR count). The predicted molar refractivity (Wildman–Crippen MR) is 70.8 cm³/mol. The molecule has 0 saturated heterocycles. The highest BCUT2D eigenvalue weighted by Gasteiger charge is 2.20. The van der Waals surface area contributed by atoms with Crippen LogP contribution in [0, 0.1) is 17.2 Å². The minimum Gasteiger partial charge on any atom is -0.369 e. The van der Waals surface area contributed by atoms with E-state index in [1.54, 1.807) is 6.07 Å². The number of aromatic nitrogens is 2. The van der Waals surface area contributed by atoms with E-state index in [0.29, 0.717) is 11.5 Å². The number of hydrogen-bond acceptors (Lipinski definition) is 3. The molecule has 1 heterocycles. The fourth-order valence-electron chi connectivity index (χ4n) is 2.43. The number of fused-ring (bicyclic) bond motifs is 1. The maximum atomic E-state index is 9.05. The zero-order valence-corrected chi connectivity index (χ0v) is 10.3. The molecule has 0 radical (unpaired) electrons. The van der Waals surface area contributed by atoms with Crippen molar-refractivity contribution in [3.63, 3.8) is 0 Å². The van der Waals surface area contributed by atoms with Crippen molar-refractivity contribution in [3.05, 3.63) is 23.8 Å². The molecule has 0 spiro atoms. The van der Waals surface area contributed by atoms with Crippen molar-refractivity contribution in [3.8, 4) is 6.07 Å². The van der Waals surface area contributed by atoms with E-state index in [1.807, 2.05) is 16.7 Å². The minimum atomic E-state index is 0.517. The largest absolute Gasteiger partial charge is 0.369 e. The molecule has 0 unspecified atom stereocenters. The van der Waals surface area contributed by atoms with Gasteiger partial charge in [0.05, 0.1) is 11.1 Å². The number of nitrogens with zero attached hydrogens (tertiary/aromatic N) is 3. The summed E-state index contributed by atoms with van der Waals surface area (Å²) in [4.78, 5) is 4.32. The summed E-state index contributed by atoms with van der Waals surface area (Å²) < 4.78 is 2.03. The summed E-state index contributed by atoms with van der Waals surface area (Å²) in [5, 5.41) is 9.05. The lowest BCUT2D eigenvalue weighted by molar-refractivity contribution is 0.590. The molecule has 0 bridgehead atoms. The van der Waals surface area contributed by atoms with Gasteiger partial charge < -0.3 is 10.3 Å². The van der Waals surface area contributed by atoms with E-state index in [9.17, 15) is 0 Å². The van der Waals surface area contributed by atoms with Crippen LogP contribution in [0.3, 0.4) is 0 Å². The number of aryl methyl sites for hydroxylation is 1. The number of para-hydroxylation sites is 1. The van der Waals surface area contributed by atoms with Crippen molar-refractivity contribution in [1.82, 2.24) is 9.55 Å². The van der Waals surface area contributed by atoms with Gasteiger partial charge in [0.25, 0.3) is 0 Å². The maximum Gasteiger partial charge on any atom is 0.201 e.